The number of hydrogen-bond donors (Lipinski definition) is 3. The van der Waals surface area contributed by atoms with Crippen LogP contribution in [0.3, 0.4) is 0 Å². The van der Waals surface area contributed by atoms with E-state index in [4.69, 9.17) is 0 Å². The number of amides is 1. The standard InChI is InChI=1S/C30H30F3N7O3S/c1-18(2)24-13-4-19(3)14-25(24)40-26(41)16-44-29(40)37-28(42)36-21-7-5-20(6-8-21)15-34-27-35-17-39(38-27)22-9-11-23(12-10-22)43-30(31,32)33/h4-14,17-18,28,36,42H,15-16H2,1-3H3,(H,34,38)/b37-29-. The predicted octanol–water partition coefficient (Wildman–Crippen LogP) is 6.03. The van der Waals surface area contributed by atoms with E-state index in [0.29, 0.717) is 29.0 Å². The summed E-state index contributed by atoms with van der Waals surface area (Å²) < 4.78 is 42.4. The minimum atomic E-state index is -4.76. The van der Waals surface area contributed by atoms with Crippen molar-refractivity contribution in [3.63, 3.8) is 0 Å². The van der Waals surface area contributed by atoms with Crippen LogP contribution in [0.4, 0.5) is 30.5 Å². The molecule has 1 atom stereocenters. The molecule has 1 aliphatic rings. The van der Waals surface area contributed by atoms with Crippen LogP contribution >= 0.6 is 11.8 Å². The minimum absolute atomic E-state index is 0.0851. The molecule has 0 bridgehead atoms. The van der Waals surface area contributed by atoms with Crippen molar-refractivity contribution >= 4 is 40.2 Å². The van der Waals surface area contributed by atoms with Gasteiger partial charge in [0.05, 0.1) is 17.1 Å². The molecular formula is C30H30F3N7O3S. The largest absolute Gasteiger partial charge is 0.573 e. The lowest BCUT2D eigenvalue weighted by Gasteiger charge is -2.23. The average molecular weight is 626 g/mol. The number of nitrogens with one attached hydrogen (secondary N) is 2. The van der Waals surface area contributed by atoms with Gasteiger partial charge in [-0.3, -0.25) is 9.69 Å². The van der Waals surface area contributed by atoms with Crippen molar-refractivity contribution in [2.24, 2.45) is 4.99 Å². The first-order chi connectivity index (χ1) is 20.9. The Bertz CT molecular complexity index is 1640. The zero-order valence-corrected chi connectivity index (χ0v) is 24.9. The number of aliphatic imine (C=N–C) groups is 1. The van der Waals surface area contributed by atoms with Crippen LogP contribution in [-0.2, 0) is 11.3 Å². The second-order valence-electron chi connectivity index (χ2n) is 10.3. The Balaban J connectivity index is 1.18. The van der Waals surface area contributed by atoms with E-state index in [9.17, 15) is 23.1 Å². The lowest BCUT2D eigenvalue weighted by Crippen LogP contribution is -2.32. The van der Waals surface area contributed by atoms with Crippen molar-refractivity contribution in [2.45, 2.75) is 45.9 Å². The summed E-state index contributed by atoms with van der Waals surface area (Å²) in [5.74, 6) is 0.370. The van der Waals surface area contributed by atoms with Gasteiger partial charge in [0.25, 0.3) is 0 Å². The van der Waals surface area contributed by atoms with Crippen LogP contribution in [0.25, 0.3) is 5.69 Å². The molecule has 0 aliphatic carbocycles. The molecule has 10 nitrogen and oxygen atoms in total. The number of ether oxygens (including phenoxy) is 1. The van der Waals surface area contributed by atoms with E-state index in [2.05, 4.69) is 44.3 Å². The van der Waals surface area contributed by atoms with E-state index in [1.54, 1.807) is 17.0 Å². The van der Waals surface area contributed by atoms with Crippen LogP contribution in [0.1, 0.15) is 36.5 Å². The molecule has 1 aromatic heterocycles. The highest BCUT2D eigenvalue weighted by Gasteiger charge is 2.32. The zero-order valence-electron chi connectivity index (χ0n) is 24.0. The maximum Gasteiger partial charge on any atom is 0.573 e. The molecule has 230 valence electrons. The molecule has 1 unspecified atom stereocenters. The Morgan fingerprint density at radius 3 is 2.50 bits per heavy atom. The first kappa shape index (κ1) is 30.9. The molecule has 1 aliphatic heterocycles. The fraction of sp³-hybridized carbons (Fsp3) is 0.267. The number of thioether (sulfide) groups is 1. The summed E-state index contributed by atoms with van der Waals surface area (Å²) in [7, 11) is 0. The molecule has 2 heterocycles. The number of alkyl halides is 3. The first-order valence-electron chi connectivity index (χ1n) is 13.6. The summed E-state index contributed by atoms with van der Waals surface area (Å²) in [6, 6.07) is 18.6. The van der Waals surface area contributed by atoms with E-state index in [1.165, 1.54) is 47.0 Å². The summed E-state index contributed by atoms with van der Waals surface area (Å²) in [4.78, 5) is 23.0. The predicted molar refractivity (Wildman–Crippen MR) is 164 cm³/mol. The maximum atomic E-state index is 12.8. The number of aliphatic hydroxyl groups is 1. The number of aryl methyl sites for hydroxylation is 1. The number of aliphatic hydroxyl groups excluding tert-OH is 1. The molecule has 5 rings (SSSR count). The van der Waals surface area contributed by atoms with Crippen molar-refractivity contribution in [2.75, 3.05) is 21.3 Å². The highest BCUT2D eigenvalue weighted by molar-refractivity contribution is 8.15. The van der Waals surface area contributed by atoms with Gasteiger partial charge in [0.2, 0.25) is 18.2 Å². The lowest BCUT2D eigenvalue weighted by atomic mass is 9.99. The van der Waals surface area contributed by atoms with Crippen LogP contribution in [0.2, 0.25) is 0 Å². The molecule has 14 heteroatoms. The van der Waals surface area contributed by atoms with Gasteiger partial charge in [0.15, 0.2) is 5.17 Å². The number of amidine groups is 1. The Labute approximate surface area is 256 Å². The van der Waals surface area contributed by atoms with E-state index >= 15 is 0 Å². The second kappa shape index (κ2) is 13.0. The van der Waals surface area contributed by atoms with E-state index < -0.39 is 12.7 Å². The Morgan fingerprint density at radius 1 is 1.09 bits per heavy atom. The third kappa shape index (κ3) is 7.68. The molecule has 3 N–H and O–H groups in total. The topological polar surface area (TPSA) is 117 Å². The Morgan fingerprint density at radius 2 is 1.82 bits per heavy atom. The third-order valence-corrected chi connectivity index (χ3v) is 7.51. The summed E-state index contributed by atoms with van der Waals surface area (Å²) in [6.45, 7) is 6.51. The number of rotatable bonds is 10. The monoisotopic (exact) mass is 625 g/mol. The second-order valence-corrected chi connectivity index (χ2v) is 11.2. The molecular weight excluding hydrogens is 595 g/mol. The maximum absolute atomic E-state index is 12.8. The van der Waals surface area contributed by atoms with E-state index in [-0.39, 0.29) is 23.3 Å². The molecule has 1 amide bonds. The lowest BCUT2D eigenvalue weighted by molar-refractivity contribution is -0.274. The van der Waals surface area contributed by atoms with Crippen molar-refractivity contribution in [1.82, 2.24) is 14.8 Å². The van der Waals surface area contributed by atoms with Crippen molar-refractivity contribution < 1.29 is 27.8 Å². The number of hydrogen-bond acceptors (Lipinski definition) is 9. The van der Waals surface area contributed by atoms with Gasteiger partial charge < -0.3 is 20.5 Å². The van der Waals surface area contributed by atoms with Crippen LogP contribution in [0, 0.1) is 6.92 Å². The van der Waals surface area contributed by atoms with Crippen LogP contribution < -0.4 is 20.3 Å². The van der Waals surface area contributed by atoms with E-state index in [0.717, 1.165) is 22.4 Å². The SMILES string of the molecule is Cc1ccc(C(C)C)c(N2C(=O)CS/C2=N\C(O)Nc2ccc(CNc3ncn(-c4ccc(OC(F)(F)F)cc4)n3)cc2)c1. The van der Waals surface area contributed by atoms with Gasteiger partial charge in [-0.05, 0) is 72.0 Å². The number of halogens is 3. The van der Waals surface area contributed by atoms with Crippen molar-refractivity contribution in [3.8, 4) is 11.4 Å². The normalized spacial score (nSPS) is 15.2. The summed E-state index contributed by atoms with van der Waals surface area (Å²) in [6.07, 6.45) is -4.59. The van der Waals surface area contributed by atoms with E-state index in [1.807, 2.05) is 37.3 Å². The van der Waals surface area contributed by atoms with Gasteiger partial charge in [0, 0.05) is 12.2 Å². The van der Waals surface area contributed by atoms with Crippen molar-refractivity contribution in [3.05, 3.63) is 89.7 Å². The average Bonchev–Trinajstić information content (AvgIpc) is 3.58. The molecule has 0 saturated carbocycles. The molecule has 1 fully saturated rings. The zero-order chi connectivity index (χ0) is 31.4. The van der Waals surface area contributed by atoms with Gasteiger partial charge in [-0.1, -0.05) is 49.9 Å². The minimum Gasteiger partial charge on any atom is -0.406 e. The van der Waals surface area contributed by atoms with Gasteiger partial charge in [-0.25, -0.2) is 14.7 Å². The summed E-state index contributed by atoms with van der Waals surface area (Å²) in [5, 5.41) is 21.5. The molecule has 44 heavy (non-hydrogen) atoms. The highest BCUT2D eigenvalue weighted by Crippen LogP contribution is 2.34. The Hall–Kier alpha value is -4.56. The Kier molecular flexibility index (Phi) is 9.11. The fourth-order valence-corrected chi connectivity index (χ4v) is 5.37. The number of carbonyl (C=O) groups is 1. The third-order valence-electron chi connectivity index (χ3n) is 6.57. The smallest absolute Gasteiger partial charge is 0.406 e. The first-order valence-corrected chi connectivity index (χ1v) is 14.6. The number of benzene rings is 3. The molecule has 1 saturated heterocycles. The number of anilines is 3. The number of carbonyl (C=O) groups excluding carboxylic acids is 1. The molecule has 0 spiro atoms. The molecule has 4 aromatic rings. The van der Waals surface area contributed by atoms with Gasteiger partial charge in [-0.15, -0.1) is 18.3 Å². The molecule has 3 aromatic carbocycles. The van der Waals surface area contributed by atoms with Crippen molar-refractivity contribution in [1.29, 1.82) is 0 Å². The fourth-order valence-electron chi connectivity index (χ4n) is 4.48. The number of aromatic nitrogens is 3. The van der Waals surface area contributed by atoms with Gasteiger partial charge in [-0.2, -0.15) is 0 Å². The van der Waals surface area contributed by atoms with Gasteiger partial charge >= 0.3 is 6.36 Å². The molecule has 0 radical (unpaired) electrons. The number of nitrogens with zero attached hydrogens (tertiary/aromatic N) is 5. The summed E-state index contributed by atoms with van der Waals surface area (Å²) in [5.41, 5.74) is 4.89. The van der Waals surface area contributed by atoms with Gasteiger partial charge in [0.1, 0.15) is 12.1 Å². The van der Waals surface area contributed by atoms with Crippen LogP contribution in [0.15, 0.2) is 78.0 Å². The highest BCUT2D eigenvalue weighted by atomic mass is 32.2. The van der Waals surface area contributed by atoms with Crippen LogP contribution in [0.5, 0.6) is 5.75 Å². The summed E-state index contributed by atoms with van der Waals surface area (Å²) >= 11 is 1.29. The quantitative estimate of drug-likeness (QED) is 0.183. The van der Waals surface area contributed by atoms with Crippen LogP contribution in [-0.4, -0.2) is 49.4 Å².